The number of carbonyl (C=O) groups excluding carboxylic acids is 2. The normalized spacial score (nSPS) is 10.2. The van der Waals surface area contributed by atoms with Gasteiger partial charge in [-0.25, -0.2) is 14.8 Å². The molecule has 0 radical (unpaired) electrons. The summed E-state index contributed by atoms with van der Waals surface area (Å²) in [5, 5.41) is 5.65. The Labute approximate surface area is 149 Å². The fraction of sp³-hybridized carbons (Fsp3) is 0.111. The summed E-state index contributed by atoms with van der Waals surface area (Å²) in [7, 11) is 1.31. The minimum Gasteiger partial charge on any atom is -0.467 e. The second-order valence-corrected chi connectivity index (χ2v) is 5.22. The number of nitrogens with zero attached hydrogens (tertiary/aromatic N) is 2. The molecular weight excluding hydrogens is 336 g/mol. The summed E-state index contributed by atoms with van der Waals surface area (Å²) in [6, 6.07) is 10.3. The van der Waals surface area contributed by atoms with Crippen LogP contribution >= 0.6 is 0 Å². The number of esters is 1. The molecule has 0 saturated heterocycles. The Kier molecular flexibility index (Phi) is 5.23. The average molecular weight is 352 g/mol. The van der Waals surface area contributed by atoms with Gasteiger partial charge in [-0.15, -0.1) is 0 Å². The third-order valence-electron chi connectivity index (χ3n) is 3.50. The number of para-hydroxylation sites is 1. The highest BCUT2D eigenvalue weighted by Gasteiger charge is 2.13. The molecule has 0 atom stereocenters. The number of hydrogen-bond donors (Lipinski definition) is 2. The third-order valence-corrected chi connectivity index (χ3v) is 3.50. The first-order chi connectivity index (χ1) is 12.7. The number of aromatic nitrogens is 2. The quantitative estimate of drug-likeness (QED) is 0.657. The zero-order valence-electron chi connectivity index (χ0n) is 13.9. The van der Waals surface area contributed by atoms with E-state index in [2.05, 4.69) is 20.6 Å². The molecule has 3 aromatic rings. The van der Waals surface area contributed by atoms with Crippen LogP contribution in [0, 0.1) is 0 Å². The van der Waals surface area contributed by atoms with Gasteiger partial charge in [-0.05, 0) is 24.3 Å². The van der Waals surface area contributed by atoms with Crippen molar-refractivity contribution >= 4 is 23.5 Å². The number of furan rings is 1. The van der Waals surface area contributed by atoms with Gasteiger partial charge in [0.15, 0.2) is 0 Å². The Bertz CT molecular complexity index is 892. The van der Waals surface area contributed by atoms with E-state index >= 15 is 0 Å². The van der Waals surface area contributed by atoms with Crippen molar-refractivity contribution in [1.82, 2.24) is 15.3 Å². The molecule has 2 N–H and O–H groups in total. The minimum atomic E-state index is -0.470. The molecule has 3 rings (SSSR count). The molecule has 26 heavy (non-hydrogen) atoms. The fourth-order valence-electron chi connectivity index (χ4n) is 2.19. The predicted octanol–water partition coefficient (Wildman–Crippen LogP) is 2.53. The molecule has 0 spiro atoms. The molecule has 2 aromatic heterocycles. The summed E-state index contributed by atoms with van der Waals surface area (Å²) >= 11 is 0. The van der Waals surface area contributed by atoms with Crippen molar-refractivity contribution in [3.05, 3.63) is 71.9 Å². The molecule has 2 heterocycles. The largest absolute Gasteiger partial charge is 0.467 e. The summed E-state index contributed by atoms with van der Waals surface area (Å²) in [5.41, 5.74) is 1.18. The molecule has 1 amide bonds. The lowest BCUT2D eigenvalue weighted by molar-refractivity contribution is 0.0601. The van der Waals surface area contributed by atoms with Crippen LogP contribution in [-0.2, 0) is 11.3 Å². The predicted molar refractivity (Wildman–Crippen MR) is 93.0 cm³/mol. The van der Waals surface area contributed by atoms with E-state index < -0.39 is 5.97 Å². The van der Waals surface area contributed by atoms with Gasteiger partial charge in [-0.2, -0.15) is 0 Å². The van der Waals surface area contributed by atoms with Gasteiger partial charge in [-0.1, -0.05) is 12.1 Å². The molecule has 0 unspecified atom stereocenters. The molecule has 0 bridgehead atoms. The lowest BCUT2D eigenvalue weighted by Crippen LogP contribution is -2.23. The van der Waals surface area contributed by atoms with Gasteiger partial charge in [-0.3, -0.25) is 4.79 Å². The summed E-state index contributed by atoms with van der Waals surface area (Å²) in [6.07, 6.45) is 4.33. The van der Waals surface area contributed by atoms with Crippen molar-refractivity contribution in [2.75, 3.05) is 12.4 Å². The summed E-state index contributed by atoms with van der Waals surface area (Å²) < 4.78 is 9.89. The van der Waals surface area contributed by atoms with E-state index in [-0.39, 0.29) is 18.4 Å². The number of ether oxygens (including phenoxy) is 1. The van der Waals surface area contributed by atoms with Crippen LogP contribution in [-0.4, -0.2) is 29.0 Å². The molecule has 0 aliphatic heterocycles. The summed E-state index contributed by atoms with van der Waals surface area (Å²) in [4.78, 5) is 32.1. The van der Waals surface area contributed by atoms with Crippen LogP contribution in [0.15, 0.2) is 59.5 Å². The van der Waals surface area contributed by atoms with Crippen molar-refractivity contribution in [3.8, 4) is 0 Å². The van der Waals surface area contributed by atoms with Crippen molar-refractivity contribution < 1.29 is 18.7 Å². The van der Waals surface area contributed by atoms with E-state index in [0.717, 1.165) is 0 Å². The number of amides is 1. The maximum Gasteiger partial charge on any atom is 0.339 e. The van der Waals surface area contributed by atoms with E-state index in [1.54, 1.807) is 36.4 Å². The fourth-order valence-corrected chi connectivity index (χ4v) is 2.19. The lowest BCUT2D eigenvalue weighted by Gasteiger charge is -2.09. The van der Waals surface area contributed by atoms with Gasteiger partial charge < -0.3 is 19.8 Å². The molecule has 0 saturated carbocycles. The van der Waals surface area contributed by atoms with Crippen molar-refractivity contribution in [3.63, 3.8) is 0 Å². The van der Waals surface area contributed by atoms with Gasteiger partial charge >= 0.3 is 5.97 Å². The Hall–Kier alpha value is -3.68. The second-order valence-electron chi connectivity index (χ2n) is 5.22. The maximum absolute atomic E-state index is 12.1. The average Bonchev–Trinajstić information content (AvgIpc) is 3.20. The van der Waals surface area contributed by atoms with Gasteiger partial charge in [0.1, 0.15) is 5.76 Å². The topological polar surface area (TPSA) is 106 Å². The lowest BCUT2D eigenvalue weighted by atomic mass is 10.2. The van der Waals surface area contributed by atoms with Crippen molar-refractivity contribution in [1.29, 1.82) is 0 Å². The molecule has 0 fully saturated rings. The highest BCUT2D eigenvalue weighted by atomic mass is 16.5. The highest BCUT2D eigenvalue weighted by Crippen LogP contribution is 2.19. The molecule has 0 aliphatic carbocycles. The zero-order chi connectivity index (χ0) is 18.4. The van der Waals surface area contributed by atoms with Crippen LogP contribution in [0.1, 0.15) is 26.5 Å². The molecule has 0 aliphatic rings. The van der Waals surface area contributed by atoms with Crippen LogP contribution < -0.4 is 10.6 Å². The smallest absolute Gasteiger partial charge is 0.339 e. The molecule has 1 aromatic carbocycles. The van der Waals surface area contributed by atoms with E-state index in [1.165, 1.54) is 25.8 Å². The van der Waals surface area contributed by atoms with Gasteiger partial charge in [0.25, 0.3) is 5.91 Å². The van der Waals surface area contributed by atoms with Gasteiger partial charge in [0.2, 0.25) is 5.95 Å². The van der Waals surface area contributed by atoms with Crippen LogP contribution in [0.25, 0.3) is 0 Å². The standard InChI is InChI=1S/C18H16N4O4/c1-25-17(24)14-6-2-3-7-15(14)22-18-20-9-12(10-21-18)16(23)19-11-13-5-4-8-26-13/h2-10H,11H2,1H3,(H,19,23)(H,20,21,22). The number of carbonyl (C=O) groups is 2. The van der Waals surface area contributed by atoms with E-state index in [4.69, 9.17) is 9.15 Å². The molecule has 132 valence electrons. The Morgan fingerprint density at radius 1 is 1.12 bits per heavy atom. The van der Waals surface area contributed by atoms with Crippen molar-refractivity contribution in [2.24, 2.45) is 0 Å². The van der Waals surface area contributed by atoms with Crippen LogP contribution in [0.5, 0.6) is 0 Å². The number of hydrogen-bond acceptors (Lipinski definition) is 7. The molecule has 8 heteroatoms. The van der Waals surface area contributed by atoms with E-state index in [1.807, 2.05) is 0 Å². The Morgan fingerprint density at radius 3 is 2.58 bits per heavy atom. The number of nitrogens with one attached hydrogen (secondary N) is 2. The maximum atomic E-state index is 12.1. The number of rotatable bonds is 6. The molecular formula is C18H16N4O4. The number of benzene rings is 1. The zero-order valence-corrected chi connectivity index (χ0v) is 13.9. The Morgan fingerprint density at radius 2 is 1.88 bits per heavy atom. The van der Waals surface area contributed by atoms with Gasteiger partial charge in [0, 0.05) is 12.4 Å². The first-order valence-electron chi connectivity index (χ1n) is 7.74. The van der Waals surface area contributed by atoms with E-state index in [0.29, 0.717) is 22.6 Å². The first kappa shape index (κ1) is 17.2. The van der Waals surface area contributed by atoms with Crippen LogP contribution in [0.2, 0.25) is 0 Å². The first-order valence-corrected chi connectivity index (χ1v) is 7.74. The number of methoxy groups -OCH3 is 1. The molecule has 8 nitrogen and oxygen atoms in total. The van der Waals surface area contributed by atoms with Crippen molar-refractivity contribution in [2.45, 2.75) is 6.54 Å². The third kappa shape index (κ3) is 4.04. The number of anilines is 2. The Balaban J connectivity index is 1.66. The monoisotopic (exact) mass is 352 g/mol. The van der Waals surface area contributed by atoms with Gasteiger partial charge in [0.05, 0.1) is 36.7 Å². The minimum absolute atomic E-state index is 0.254. The van der Waals surface area contributed by atoms with E-state index in [9.17, 15) is 9.59 Å². The SMILES string of the molecule is COC(=O)c1ccccc1Nc1ncc(C(=O)NCc2ccco2)cn1. The summed E-state index contributed by atoms with van der Waals surface area (Å²) in [5.74, 6) is 0.117. The summed E-state index contributed by atoms with van der Waals surface area (Å²) in [6.45, 7) is 0.276. The van der Waals surface area contributed by atoms with Crippen LogP contribution in [0.4, 0.5) is 11.6 Å². The highest BCUT2D eigenvalue weighted by molar-refractivity contribution is 5.96. The second kappa shape index (κ2) is 7.93. The van der Waals surface area contributed by atoms with Crippen LogP contribution in [0.3, 0.4) is 0 Å².